The number of ether oxygens (including phenoxy) is 1. The molecule has 9 nitrogen and oxygen atoms in total. The minimum Gasteiger partial charge on any atom is -0.508 e. The minimum atomic E-state index is -0.970. The maximum Gasteiger partial charge on any atom is 0.352 e. The number of aliphatic hydroxyl groups excluding tert-OH is 1. The summed E-state index contributed by atoms with van der Waals surface area (Å²) in [4.78, 5) is 27.1. The van der Waals surface area contributed by atoms with E-state index in [1.807, 2.05) is 49.5 Å². The summed E-state index contributed by atoms with van der Waals surface area (Å²) in [6.07, 6.45) is 5.22. The van der Waals surface area contributed by atoms with E-state index in [0.29, 0.717) is 25.2 Å². The van der Waals surface area contributed by atoms with Gasteiger partial charge < -0.3 is 35.1 Å². The number of carboxylic acids is 2. The van der Waals surface area contributed by atoms with Crippen molar-refractivity contribution < 1.29 is 34.8 Å². The van der Waals surface area contributed by atoms with Crippen molar-refractivity contribution in [2.24, 2.45) is 0 Å². The lowest BCUT2D eigenvalue weighted by Gasteiger charge is -2.08. The Morgan fingerprint density at radius 1 is 0.909 bits per heavy atom. The number of aliphatic hydroxyl groups is 1. The Morgan fingerprint density at radius 2 is 1.57 bits per heavy atom. The molecule has 0 saturated carbocycles. The van der Waals surface area contributed by atoms with Crippen molar-refractivity contribution in [2.75, 3.05) is 13.2 Å². The maximum absolute atomic E-state index is 11.5. The van der Waals surface area contributed by atoms with E-state index in [1.165, 1.54) is 10.9 Å². The monoisotopic (exact) mass is 730 g/mol. The van der Waals surface area contributed by atoms with Gasteiger partial charge in [0, 0.05) is 45.0 Å². The smallest absolute Gasteiger partial charge is 0.352 e. The van der Waals surface area contributed by atoms with Crippen molar-refractivity contribution in [3.8, 4) is 11.5 Å². The molecule has 0 aliphatic carbocycles. The molecule has 234 valence electrons. The number of aromatic amines is 2. The van der Waals surface area contributed by atoms with Gasteiger partial charge in [-0.1, -0.05) is 31.2 Å². The first-order chi connectivity index (χ1) is 21.0. The summed E-state index contributed by atoms with van der Waals surface area (Å²) < 4.78 is 7.60. The molecule has 0 unspecified atom stereocenters. The second-order valence-electron chi connectivity index (χ2n) is 9.95. The number of aryl methyl sites for hydroxylation is 3. The van der Waals surface area contributed by atoms with Crippen LogP contribution in [-0.2, 0) is 17.6 Å². The number of aliphatic carboxylic acids is 1. The van der Waals surface area contributed by atoms with Crippen LogP contribution in [0.5, 0.6) is 11.5 Å². The molecule has 3 aromatic carbocycles. The molecule has 0 radical (unpaired) electrons. The molecule has 0 bridgehead atoms. The van der Waals surface area contributed by atoms with Crippen molar-refractivity contribution in [2.45, 2.75) is 46.0 Å². The molecule has 6 N–H and O–H groups in total. The summed E-state index contributed by atoms with van der Waals surface area (Å²) in [6.45, 7) is 4.17. The van der Waals surface area contributed by atoms with Gasteiger partial charge in [-0.2, -0.15) is 0 Å². The number of phenols is 1. The molecule has 5 rings (SSSR count). The van der Waals surface area contributed by atoms with Gasteiger partial charge in [0.15, 0.2) is 0 Å². The molecule has 2 heterocycles. The van der Waals surface area contributed by atoms with Gasteiger partial charge in [0.2, 0.25) is 0 Å². The normalized spacial score (nSPS) is 10.6. The van der Waals surface area contributed by atoms with Crippen molar-refractivity contribution in [1.29, 1.82) is 0 Å². The Hall–Kier alpha value is -3.80. The van der Waals surface area contributed by atoms with Gasteiger partial charge in [0.1, 0.15) is 17.2 Å². The fourth-order valence-corrected chi connectivity index (χ4v) is 5.53. The molecule has 0 atom stereocenters. The number of rotatable bonds is 10. The summed E-state index contributed by atoms with van der Waals surface area (Å²) in [5, 5.41) is 37.7. The van der Waals surface area contributed by atoms with Crippen LogP contribution in [0.1, 0.15) is 53.4 Å². The van der Waals surface area contributed by atoms with Crippen LogP contribution < -0.4 is 4.74 Å². The third-order valence-corrected chi connectivity index (χ3v) is 7.96. The Morgan fingerprint density at radius 3 is 2.18 bits per heavy atom. The highest BCUT2D eigenvalue weighted by atomic mass is 79.9. The molecule has 5 aromatic rings. The topological polar surface area (TPSA) is 156 Å². The van der Waals surface area contributed by atoms with Gasteiger partial charge in [0.25, 0.3) is 0 Å². The zero-order valence-electron chi connectivity index (χ0n) is 24.5. The Kier molecular flexibility index (Phi) is 13.3. The SMILES string of the molecule is CCC(=O)O.Cc1cc(O)cc(OCCCc2c(C(=O)O)[nH]c3c(Br)cccc23)c1.OCCCc1c[nH]c2c(Br)cccc12. The van der Waals surface area contributed by atoms with Crippen molar-refractivity contribution in [3.05, 3.63) is 92.1 Å². The maximum atomic E-state index is 11.5. The van der Waals surface area contributed by atoms with Gasteiger partial charge in [-0.3, -0.25) is 4.79 Å². The number of aromatic hydroxyl groups is 1. The molecule has 0 amide bonds. The number of phenolic OH excluding ortho intramolecular Hbond substituents is 1. The molecule has 0 fully saturated rings. The summed E-state index contributed by atoms with van der Waals surface area (Å²) in [5.41, 5.74) is 5.12. The van der Waals surface area contributed by atoms with Gasteiger partial charge in [-0.05, 0) is 105 Å². The average molecular weight is 732 g/mol. The van der Waals surface area contributed by atoms with Gasteiger partial charge in [-0.15, -0.1) is 0 Å². The first kappa shape index (κ1) is 34.7. The predicted molar refractivity (Wildman–Crippen MR) is 179 cm³/mol. The second-order valence-corrected chi connectivity index (χ2v) is 11.7. The molecular weight excluding hydrogens is 696 g/mol. The largest absolute Gasteiger partial charge is 0.508 e. The number of para-hydroxylation sites is 2. The standard InChI is InChI=1S/C19H18BrNO4.C11H12BrNO.C3H6O2/c1-11-8-12(22)10-13(9-11)25-7-3-5-15-14-4-2-6-16(20)17(14)21-18(15)19(23)24;12-10-5-1-4-9-8(3-2-6-14)7-13-11(9)10;1-2-3(4)5/h2,4,6,8-10,21-22H,3,5,7H2,1H3,(H,23,24);1,4-5,7,13-14H,2-3,6H2;2H2,1H3,(H,4,5). The van der Waals surface area contributed by atoms with E-state index in [1.54, 1.807) is 19.1 Å². The number of fused-ring (bicyclic) bond motifs is 2. The van der Waals surface area contributed by atoms with Crippen LogP contribution in [-0.4, -0.2) is 55.5 Å². The Balaban J connectivity index is 0.000000233. The number of H-pyrrole nitrogens is 2. The lowest BCUT2D eigenvalue weighted by Crippen LogP contribution is -2.04. The highest BCUT2D eigenvalue weighted by Gasteiger charge is 2.18. The van der Waals surface area contributed by atoms with Crippen LogP contribution in [0.2, 0.25) is 0 Å². The number of aromatic carboxylic acids is 1. The number of carboxylic acid groups (broad SMARTS) is 2. The highest BCUT2D eigenvalue weighted by Crippen LogP contribution is 2.30. The molecule has 0 saturated heterocycles. The number of carbonyl (C=O) groups is 2. The fraction of sp³-hybridized carbons (Fsp3) is 0.273. The first-order valence-electron chi connectivity index (χ1n) is 14.1. The Bertz CT molecular complexity index is 1690. The predicted octanol–water partition coefficient (Wildman–Crippen LogP) is 7.99. The average Bonchev–Trinajstić information content (AvgIpc) is 3.58. The van der Waals surface area contributed by atoms with Gasteiger partial charge in [0.05, 0.1) is 17.6 Å². The van der Waals surface area contributed by atoms with Crippen LogP contribution in [0.15, 0.2) is 69.7 Å². The van der Waals surface area contributed by atoms with E-state index < -0.39 is 11.9 Å². The molecule has 2 aromatic heterocycles. The van der Waals surface area contributed by atoms with E-state index in [2.05, 4.69) is 47.9 Å². The number of halogens is 2. The van der Waals surface area contributed by atoms with Crippen LogP contribution in [0.25, 0.3) is 21.8 Å². The first-order valence-corrected chi connectivity index (χ1v) is 15.7. The Labute approximate surface area is 272 Å². The van der Waals surface area contributed by atoms with Crippen molar-refractivity contribution in [3.63, 3.8) is 0 Å². The number of aromatic nitrogens is 2. The van der Waals surface area contributed by atoms with E-state index in [-0.39, 0.29) is 24.5 Å². The number of hydrogen-bond acceptors (Lipinski definition) is 5. The summed E-state index contributed by atoms with van der Waals surface area (Å²) in [5.74, 6) is -0.935. The van der Waals surface area contributed by atoms with E-state index in [9.17, 15) is 19.8 Å². The third kappa shape index (κ3) is 9.60. The highest BCUT2D eigenvalue weighted by molar-refractivity contribution is 9.11. The van der Waals surface area contributed by atoms with Gasteiger partial charge >= 0.3 is 11.9 Å². The van der Waals surface area contributed by atoms with Crippen LogP contribution in [0.4, 0.5) is 0 Å². The number of nitrogens with one attached hydrogen (secondary N) is 2. The second kappa shape index (κ2) is 16.9. The molecular formula is C33H36Br2N2O7. The van der Waals surface area contributed by atoms with E-state index in [0.717, 1.165) is 49.3 Å². The fourth-order valence-electron chi connectivity index (χ4n) is 4.58. The molecule has 0 aliphatic heterocycles. The van der Waals surface area contributed by atoms with Crippen LogP contribution in [0, 0.1) is 6.92 Å². The number of benzene rings is 3. The lowest BCUT2D eigenvalue weighted by atomic mass is 10.1. The minimum absolute atomic E-state index is 0.171. The summed E-state index contributed by atoms with van der Waals surface area (Å²) in [7, 11) is 0. The van der Waals surface area contributed by atoms with Gasteiger partial charge in [-0.25, -0.2) is 4.79 Å². The summed E-state index contributed by atoms with van der Waals surface area (Å²) in [6, 6.07) is 16.9. The lowest BCUT2D eigenvalue weighted by molar-refractivity contribution is -0.136. The number of hydrogen-bond donors (Lipinski definition) is 6. The van der Waals surface area contributed by atoms with Crippen molar-refractivity contribution in [1.82, 2.24) is 9.97 Å². The molecule has 44 heavy (non-hydrogen) atoms. The van der Waals surface area contributed by atoms with Crippen molar-refractivity contribution >= 4 is 65.6 Å². The zero-order chi connectivity index (χ0) is 32.2. The van der Waals surface area contributed by atoms with Crippen LogP contribution in [0.3, 0.4) is 0 Å². The quantitative estimate of drug-likeness (QED) is 0.0796. The molecule has 0 spiro atoms. The van der Waals surface area contributed by atoms with Crippen LogP contribution >= 0.6 is 31.9 Å². The molecule has 0 aliphatic rings. The van der Waals surface area contributed by atoms with E-state index >= 15 is 0 Å². The van der Waals surface area contributed by atoms with E-state index in [4.69, 9.17) is 14.9 Å². The summed E-state index contributed by atoms with van der Waals surface area (Å²) >= 11 is 6.94. The molecule has 11 heteroatoms. The zero-order valence-corrected chi connectivity index (χ0v) is 27.7. The third-order valence-electron chi connectivity index (χ3n) is 6.64.